The molecular formula is C21H23ClN6O. The molecular weight excluding hydrogens is 388 g/mol. The zero-order chi connectivity index (χ0) is 19.2. The Morgan fingerprint density at radius 1 is 1.00 bits per heavy atom. The van der Waals surface area contributed by atoms with Crippen LogP contribution < -0.4 is 10.9 Å². The number of fused-ring (bicyclic) bond motifs is 1. The number of halogens is 1. The first-order valence-electron chi connectivity index (χ1n) is 9.47. The van der Waals surface area contributed by atoms with E-state index in [1.807, 2.05) is 53.3 Å². The minimum Gasteiger partial charge on any atom is -0.385 e. The van der Waals surface area contributed by atoms with E-state index < -0.39 is 0 Å². The number of rotatable bonds is 8. The molecule has 0 aliphatic carbocycles. The first-order chi connectivity index (χ1) is 13.8. The van der Waals surface area contributed by atoms with Gasteiger partial charge in [-0.3, -0.25) is 9.48 Å². The van der Waals surface area contributed by atoms with Crippen LogP contribution in [0.4, 0.5) is 5.69 Å². The molecule has 2 aromatic heterocycles. The van der Waals surface area contributed by atoms with E-state index in [1.165, 1.54) is 0 Å². The summed E-state index contributed by atoms with van der Waals surface area (Å²) >= 11 is 0. The fraction of sp³-hybridized carbons (Fsp3) is 0.238. The number of H-pyrrole nitrogens is 1. The molecule has 29 heavy (non-hydrogen) atoms. The average Bonchev–Trinajstić information content (AvgIpc) is 3.25. The Morgan fingerprint density at radius 2 is 1.86 bits per heavy atom. The van der Waals surface area contributed by atoms with Crippen molar-refractivity contribution in [3.63, 3.8) is 0 Å². The van der Waals surface area contributed by atoms with Crippen LogP contribution in [0.2, 0.25) is 0 Å². The third-order valence-corrected chi connectivity index (χ3v) is 4.70. The molecule has 0 spiro atoms. The van der Waals surface area contributed by atoms with Gasteiger partial charge in [0.2, 0.25) is 0 Å². The third-order valence-electron chi connectivity index (χ3n) is 4.70. The van der Waals surface area contributed by atoms with Crippen molar-refractivity contribution in [1.82, 2.24) is 25.2 Å². The monoisotopic (exact) mass is 410 g/mol. The summed E-state index contributed by atoms with van der Waals surface area (Å²) in [5.74, 6) is 0. The Kier molecular flexibility index (Phi) is 6.97. The first kappa shape index (κ1) is 20.5. The van der Waals surface area contributed by atoms with Crippen molar-refractivity contribution in [1.29, 1.82) is 0 Å². The van der Waals surface area contributed by atoms with Crippen molar-refractivity contribution in [3.05, 3.63) is 71.3 Å². The molecule has 0 unspecified atom stereocenters. The Hall–Kier alpha value is -3.19. The first-order valence-corrected chi connectivity index (χ1v) is 9.47. The van der Waals surface area contributed by atoms with Crippen molar-refractivity contribution in [3.8, 4) is 11.3 Å². The van der Waals surface area contributed by atoms with Crippen molar-refractivity contribution in [2.24, 2.45) is 0 Å². The molecule has 0 saturated heterocycles. The number of nitrogens with zero attached hydrogens (tertiary/aromatic N) is 4. The van der Waals surface area contributed by atoms with Crippen LogP contribution in [0.3, 0.4) is 0 Å². The molecule has 0 bridgehead atoms. The lowest BCUT2D eigenvalue weighted by Gasteiger charge is -2.09. The van der Waals surface area contributed by atoms with Gasteiger partial charge < -0.3 is 5.32 Å². The zero-order valence-corrected chi connectivity index (χ0v) is 16.7. The predicted octanol–water partition coefficient (Wildman–Crippen LogP) is 3.89. The van der Waals surface area contributed by atoms with Gasteiger partial charge in [0, 0.05) is 35.9 Å². The summed E-state index contributed by atoms with van der Waals surface area (Å²) in [5.41, 5.74) is 2.64. The standard InChI is InChI=1S/C21H22N6O.ClH/c28-21-19-10-3-2-9-18(19)20(24-25-21)16-7-6-8-17(15-16)22-11-4-1-5-13-27-14-12-23-26-27;/h2-3,6-10,12,14-15,22H,1,4-5,11,13H2,(H,25,28);1H. The molecule has 0 amide bonds. The van der Waals surface area contributed by atoms with E-state index in [0.29, 0.717) is 5.39 Å². The van der Waals surface area contributed by atoms with Crippen LogP contribution in [0.15, 0.2) is 65.7 Å². The summed E-state index contributed by atoms with van der Waals surface area (Å²) in [7, 11) is 0. The number of aryl methyl sites for hydroxylation is 1. The van der Waals surface area contributed by atoms with E-state index in [1.54, 1.807) is 6.20 Å². The minimum absolute atomic E-state index is 0. The topological polar surface area (TPSA) is 88.5 Å². The molecule has 2 aromatic carbocycles. The SMILES string of the molecule is Cl.O=c1[nH]nc(-c2cccc(NCCCCCn3ccnn3)c2)c2ccccc12. The van der Waals surface area contributed by atoms with E-state index >= 15 is 0 Å². The second kappa shape index (κ2) is 9.84. The fourth-order valence-electron chi connectivity index (χ4n) is 3.27. The Bertz CT molecular complexity index is 1110. The van der Waals surface area contributed by atoms with E-state index in [-0.39, 0.29) is 18.0 Å². The van der Waals surface area contributed by atoms with E-state index in [4.69, 9.17) is 0 Å². The lowest BCUT2D eigenvalue weighted by atomic mass is 10.0. The average molecular weight is 411 g/mol. The number of hydrogen-bond acceptors (Lipinski definition) is 5. The summed E-state index contributed by atoms with van der Waals surface area (Å²) in [6.07, 6.45) is 6.88. The minimum atomic E-state index is -0.167. The molecule has 0 saturated carbocycles. The normalized spacial score (nSPS) is 10.6. The molecule has 4 aromatic rings. The van der Waals surface area contributed by atoms with Gasteiger partial charge in [0.25, 0.3) is 5.56 Å². The summed E-state index contributed by atoms with van der Waals surface area (Å²) in [6.45, 7) is 1.81. The molecule has 7 nitrogen and oxygen atoms in total. The second-order valence-corrected chi connectivity index (χ2v) is 6.68. The molecule has 0 fully saturated rings. The molecule has 150 valence electrons. The number of anilines is 1. The number of aromatic nitrogens is 5. The third kappa shape index (κ3) is 5.00. The summed E-state index contributed by atoms with van der Waals surface area (Å²) < 4.78 is 1.86. The van der Waals surface area contributed by atoms with Crippen molar-refractivity contribution in [2.75, 3.05) is 11.9 Å². The molecule has 8 heteroatoms. The highest BCUT2D eigenvalue weighted by Crippen LogP contribution is 2.26. The fourth-order valence-corrected chi connectivity index (χ4v) is 3.27. The van der Waals surface area contributed by atoms with E-state index in [2.05, 4.69) is 31.9 Å². The van der Waals surface area contributed by atoms with Gasteiger partial charge in [-0.25, -0.2) is 5.10 Å². The van der Waals surface area contributed by atoms with Crippen molar-refractivity contribution < 1.29 is 0 Å². The lowest BCUT2D eigenvalue weighted by molar-refractivity contribution is 0.534. The maximum Gasteiger partial charge on any atom is 0.272 e. The van der Waals surface area contributed by atoms with Crippen LogP contribution in [0.25, 0.3) is 22.0 Å². The molecule has 2 N–H and O–H groups in total. The molecule has 4 rings (SSSR count). The predicted molar refractivity (Wildman–Crippen MR) is 117 cm³/mol. The van der Waals surface area contributed by atoms with Gasteiger partial charge in [0.05, 0.1) is 17.3 Å². The van der Waals surface area contributed by atoms with Gasteiger partial charge in [-0.1, -0.05) is 35.5 Å². The Morgan fingerprint density at radius 3 is 2.69 bits per heavy atom. The number of aromatic amines is 1. The van der Waals surface area contributed by atoms with Gasteiger partial charge in [0.1, 0.15) is 0 Å². The summed E-state index contributed by atoms with van der Waals surface area (Å²) in [4.78, 5) is 12.0. The lowest BCUT2D eigenvalue weighted by Crippen LogP contribution is -2.09. The highest BCUT2D eigenvalue weighted by molar-refractivity contribution is 5.94. The Labute approximate surface area is 174 Å². The van der Waals surface area contributed by atoms with Crippen molar-refractivity contribution >= 4 is 28.9 Å². The van der Waals surface area contributed by atoms with Gasteiger partial charge in [0.15, 0.2) is 0 Å². The zero-order valence-electron chi connectivity index (χ0n) is 15.9. The van der Waals surface area contributed by atoms with Crippen LogP contribution in [0, 0.1) is 0 Å². The van der Waals surface area contributed by atoms with E-state index in [9.17, 15) is 4.79 Å². The molecule has 0 radical (unpaired) electrons. The maximum atomic E-state index is 12.0. The van der Waals surface area contributed by atoms with Crippen LogP contribution in [-0.4, -0.2) is 31.7 Å². The molecule has 0 atom stereocenters. The molecule has 0 aliphatic heterocycles. The summed E-state index contributed by atoms with van der Waals surface area (Å²) in [5, 5.41) is 19.6. The van der Waals surface area contributed by atoms with Crippen molar-refractivity contribution in [2.45, 2.75) is 25.8 Å². The van der Waals surface area contributed by atoms with Gasteiger partial charge >= 0.3 is 0 Å². The van der Waals surface area contributed by atoms with E-state index in [0.717, 1.165) is 54.7 Å². The number of benzene rings is 2. The smallest absolute Gasteiger partial charge is 0.272 e. The van der Waals surface area contributed by atoms with Gasteiger partial charge in [-0.2, -0.15) is 5.10 Å². The second-order valence-electron chi connectivity index (χ2n) is 6.68. The van der Waals surface area contributed by atoms with Crippen LogP contribution in [0.1, 0.15) is 19.3 Å². The summed E-state index contributed by atoms with van der Waals surface area (Å²) in [6, 6.07) is 15.7. The largest absolute Gasteiger partial charge is 0.385 e. The number of hydrogen-bond donors (Lipinski definition) is 2. The quantitative estimate of drug-likeness (QED) is 0.430. The van der Waals surface area contributed by atoms with Gasteiger partial charge in [-0.15, -0.1) is 17.5 Å². The van der Waals surface area contributed by atoms with Crippen LogP contribution in [-0.2, 0) is 6.54 Å². The molecule has 2 heterocycles. The molecule has 0 aliphatic rings. The van der Waals surface area contributed by atoms with Crippen LogP contribution >= 0.6 is 12.4 Å². The number of nitrogens with one attached hydrogen (secondary N) is 2. The van der Waals surface area contributed by atoms with Crippen LogP contribution in [0.5, 0.6) is 0 Å². The number of unbranched alkanes of at least 4 members (excludes halogenated alkanes) is 2. The highest BCUT2D eigenvalue weighted by atomic mass is 35.5. The van der Waals surface area contributed by atoms with Gasteiger partial charge in [-0.05, 0) is 37.5 Å². The Balaban J connectivity index is 0.00000240. The highest BCUT2D eigenvalue weighted by Gasteiger charge is 2.08. The maximum absolute atomic E-state index is 12.0.